The van der Waals surface area contributed by atoms with Crippen molar-refractivity contribution in [1.29, 1.82) is 0 Å². The molecule has 1 aromatic heterocycles. The van der Waals surface area contributed by atoms with Crippen molar-refractivity contribution in [3.05, 3.63) is 36.0 Å². The SMILES string of the molecule is COc1ncc(S)c(N=C(C)N2CCN(S(=O)(=O)c3ccc(C(F)(F)F)cc3)CC2)n1. The van der Waals surface area contributed by atoms with E-state index in [1.807, 2.05) is 4.90 Å². The van der Waals surface area contributed by atoms with Crippen molar-refractivity contribution < 1.29 is 26.3 Å². The monoisotopic (exact) mass is 475 g/mol. The van der Waals surface area contributed by atoms with Gasteiger partial charge in [-0.05, 0) is 31.2 Å². The van der Waals surface area contributed by atoms with Gasteiger partial charge < -0.3 is 9.64 Å². The summed E-state index contributed by atoms with van der Waals surface area (Å²) in [4.78, 5) is 14.7. The highest BCUT2D eigenvalue weighted by Crippen LogP contribution is 2.30. The van der Waals surface area contributed by atoms with Gasteiger partial charge in [-0.2, -0.15) is 22.5 Å². The number of benzene rings is 1. The van der Waals surface area contributed by atoms with Crippen molar-refractivity contribution in [2.75, 3.05) is 33.3 Å². The summed E-state index contributed by atoms with van der Waals surface area (Å²) in [6.45, 7) is 2.81. The Bertz CT molecular complexity index is 1070. The Balaban J connectivity index is 1.70. The highest BCUT2D eigenvalue weighted by Gasteiger charge is 2.32. The van der Waals surface area contributed by atoms with E-state index in [1.54, 1.807) is 6.92 Å². The summed E-state index contributed by atoms with van der Waals surface area (Å²) in [5.41, 5.74) is -0.895. The number of amidine groups is 1. The quantitative estimate of drug-likeness (QED) is 0.416. The molecule has 168 valence electrons. The lowest BCUT2D eigenvalue weighted by Crippen LogP contribution is -2.49. The van der Waals surface area contributed by atoms with E-state index in [4.69, 9.17) is 4.74 Å². The molecule has 0 atom stereocenters. The van der Waals surface area contributed by atoms with Gasteiger partial charge in [-0.15, -0.1) is 12.6 Å². The minimum Gasteiger partial charge on any atom is -0.467 e. The molecule has 8 nitrogen and oxygen atoms in total. The lowest BCUT2D eigenvalue weighted by Gasteiger charge is -2.35. The van der Waals surface area contributed by atoms with Crippen molar-refractivity contribution in [2.45, 2.75) is 22.9 Å². The van der Waals surface area contributed by atoms with Gasteiger partial charge in [0.05, 0.1) is 22.5 Å². The Hall–Kier alpha value is -2.38. The summed E-state index contributed by atoms with van der Waals surface area (Å²) in [5, 5.41) is 0. The largest absolute Gasteiger partial charge is 0.467 e. The highest BCUT2D eigenvalue weighted by atomic mass is 32.2. The zero-order valence-corrected chi connectivity index (χ0v) is 18.4. The number of methoxy groups -OCH3 is 1. The van der Waals surface area contributed by atoms with Gasteiger partial charge in [0.1, 0.15) is 5.84 Å². The lowest BCUT2D eigenvalue weighted by atomic mass is 10.2. The predicted octanol–water partition coefficient (Wildman–Crippen LogP) is 2.85. The Morgan fingerprint density at radius 3 is 2.32 bits per heavy atom. The maximum Gasteiger partial charge on any atom is 0.416 e. The Morgan fingerprint density at radius 1 is 1.16 bits per heavy atom. The van der Waals surface area contributed by atoms with Crippen LogP contribution in [0.3, 0.4) is 0 Å². The third-order valence-corrected chi connectivity index (χ3v) is 6.92. The average Bonchev–Trinajstić information content (AvgIpc) is 2.74. The molecule has 0 bridgehead atoms. The summed E-state index contributed by atoms with van der Waals surface area (Å²) < 4.78 is 70.0. The first-order chi connectivity index (χ1) is 14.5. The number of aromatic nitrogens is 2. The molecule has 2 heterocycles. The van der Waals surface area contributed by atoms with Crippen LogP contribution in [0.25, 0.3) is 0 Å². The first-order valence-corrected chi connectivity index (χ1v) is 11.0. The first kappa shape index (κ1) is 23.3. The number of sulfonamides is 1. The third-order valence-electron chi connectivity index (χ3n) is 4.69. The topological polar surface area (TPSA) is 88.0 Å². The van der Waals surface area contributed by atoms with Gasteiger partial charge in [-0.1, -0.05) is 0 Å². The predicted molar refractivity (Wildman–Crippen MR) is 110 cm³/mol. The summed E-state index contributed by atoms with van der Waals surface area (Å²) in [5.74, 6) is 0.940. The van der Waals surface area contributed by atoms with E-state index < -0.39 is 21.8 Å². The fourth-order valence-corrected chi connectivity index (χ4v) is 4.55. The number of halogens is 3. The van der Waals surface area contributed by atoms with Crippen molar-refractivity contribution in [2.24, 2.45) is 4.99 Å². The van der Waals surface area contributed by atoms with Crippen LogP contribution in [0.1, 0.15) is 12.5 Å². The van der Waals surface area contributed by atoms with Crippen LogP contribution in [0.2, 0.25) is 0 Å². The van der Waals surface area contributed by atoms with Crippen molar-refractivity contribution in [1.82, 2.24) is 19.2 Å². The van der Waals surface area contributed by atoms with Gasteiger partial charge in [-0.3, -0.25) is 0 Å². The number of piperazine rings is 1. The molecule has 0 N–H and O–H groups in total. The Morgan fingerprint density at radius 2 is 1.77 bits per heavy atom. The molecule has 1 aromatic carbocycles. The zero-order chi connectivity index (χ0) is 22.8. The number of aliphatic imine (C=N–C) groups is 1. The summed E-state index contributed by atoms with van der Waals surface area (Å²) >= 11 is 4.28. The van der Waals surface area contributed by atoms with Crippen molar-refractivity contribution in [3.8, 4) is 6.01 Å². The van der Waals surface area contributed by atoms with E-state index in [1.165, 1.54) is 17.6 Å². The number of hydrogen-bond acceptors (Lipinski definition) is 7. The first-order valence-electron chi connectivity index (χ1n) is 9.10. The number of alkyl halides is 3. The number of rotatable bonds is 4. The van der Waals surface area contributed by atoms with E-state index in [-0.39, 0.29) is 24.0 Å². The van der Waals surface area contributed by atoms with Crippen LogP contribution < -0.4 is 4.74 Å². The summed E-state index contributed by atoms with van der Waals surface area (Å²) in [6, 6.07) is 3.65. The smallest absolute Gasteiger partial charge is 0.416 e. The highest BCUT2D eigenvalue weighted by molar-refractivity contribution is 7.89. The van der Waals surface area contributed by atoms with E-state index >= 15 is 0 Å². The second-order valence-corrected chi connectivity index (χ2v) is 9.06. The zero-order valence-electron chi connectivity index (χ0n) is 16.7. The van der Waals surface area contributed by atoms with Crippen LogP contribution in [-0.2, 0) is 16.2 Å². The molecule has 1 fully saturated rings. The molecule has 31 heavy (non-hydrogen) atoms. The molecule has 0 spiro atoms. The minimum atomic E-state index is -4.52. The van der Waals surface area contributed by atoms with Crippen LogP contribution >= 0.6 is 12.6 Å². The normalized spacial score (nSPS) is 16.5. The lowest BCUT2D eigenvalue weighted by molar-refractivity contribution is -0.137. The number of nitrogens with zero attached hydrogens (tertiary/aromatic N) is 5. The molecule has 3 rings (SSSR count). The number of ether oxygens (including phenoxy) is 1. The van der Waals surface area contributed by atoms with Gasteiger partial charge >= 0.3 is 12.2 Å². The molecular weight excluding hydrogens is 455 g/mol. The fraction of sp³-hybridized carbons (Fsp3) is 0.389. The van der Waals surface area contributed by atoms with E-state index in [0.717, 1.165) is 24.3 Å². The third kappa shape index (κ3) is 5.28. The van der Waals surface area contributed by atoms with Gasteiger partial charge in [0.25, 0.3) is 0 Å². The second-order valence-electron chi connectivity index (χ2n) is 6.64. The molecule has 1 aliphatic heterocycles. The molecule has 13 heteroatoms. The molecule has 0 radical (unpaired) electrons. The molecular formula is C18H20F3N5O3S2. The van der Waals surface area contributed by atoms with E-state index in [2.05, 4.69) is 27.6 Å². The van der Waals surface area contributed by atoms with Crippen LogP contribution in [0.15, 0.2) is 45.2 Å². The van der Waals surface area contributed by atoms with E-state index in [0.29, 0.717) is 29.6 Å². The molecule has 0 aliphatic carbocycles. The molecule has 0 unspecified atom stereocenters. The summed E-state index contributed by atoms with van der Waals surface area (Å²) in [7, 11) is -2.46. The average molecular weight is 476 g/mol. The van der Waals surface area contributed by atoms with E-state index in [9.17, 15) is 21.6 Å². The molecule has 0 saturated carbocycles. The van der Waals surface area contributed by atoms with Crippen molar-refractivity contribution in [3.63, 3.8) is 0 Å². The number of thiol groups is 1. The minimum absolute atomic E-state index is 0.150. The van der Waals surface area contributed by atoms with Gasteiger partial charge in [-0.25, -0.2) is 18.4 Å². The molecule has 2 aromatic rings. The molecule has 0 amide bonds. The fourth-order valence-electron chi connectivity index (χ4n) is 2.97. The van der Waals surface area contributed by atoms with Gasteiger partial charge in [0, 0.05) is 32.4 Å². The maximum absolute atomic E-state index is 12.8. The number of hydrogen-bond donors (Lipinski definition) is 1. The van der Waals surface area contributed by atoms with Crippen LogP contribution in [-0.4, -0.2) is 66.7 Å². The van der Waals surface area contributed by atoms with Crippen LogP contribution in [0.5, 0.6) is 6.01 Å². The summed E-state index contributed by atoms with van der Waals surface area (Å²) in [6.07, 6.45) is -3.05. The van der Waals surface area contributed by atoms with Crippen LogP contribution in [0.4, 0.5) is 19.0 Å². The van der Waals surface area contributed by atoms with Gasteiger partial charge in [0.15, 0.2) is 5.82 Å². The maximum atomic E-state index is 12.8. The molecule has 1 aliphatic rings. The molecule has 1 saturated heterocycles. The van der Waals surface area contributed by atoms with Gasteiger partial charge in [0.2, 0.25) is 10.0 Å². The Labute approximate surface area is 183 Å². The Kier molecular flexibility index (Phi) is 6.76. The van der Waals surface area contributed by atoms with Crippen molar-refractivity contribution >= 4 is 34.3 Å². The second kappa shape index (κ2) is 9.01. The standard InChI is InChI=1S/C18H20F3N5O3S2/c1-12(23-16-15(30)11-22-17(24-16)29-2)25-7-9-26(10-8-25)31(27,28)14-5-3-13(4-6-14)18(19,20)21/h3-6,11,30H,7-10H2,1-2H3. The van der Waals surface area contributed by atoms with Crippen LogP contribution in [0, 0.1) is 0 Å².